The second-order valence-corrected chi connectivity index (χ2v) is 2.78. The molecule has 0 saturated heterocycles. The molecule has 1 N–H and O–H groups in total. The number of para-hydroxylation sites is 1. The van der Waals surface area contributed by atoms with E-state index in [1.165, 1.54) is 0 Å². The second-order valence-electron chi connectivity index (χ2n) is 2.78. The van der Waals surface area contributed by atoms with Gasteiger partial charge in [0.25, 0.3) is 0 Å². The quantitative estimate of drug-likeness (QED) is 0.801. The molecular formula is C10H11N3O. The number of hydrogen-bond acceptors (Lipinski definition) is 3. The summed E-state index contributed by atoms with van der Waals surface area (Å²) in [7, 11) is 0. The first-order chi connectivity index (χ1) is 6.92. The standard InChI is InChI=1S/C10H11N3O/c1-2-14-10-6-4-3-5-8(10)9-7-11-13-12-9/h3-7H,2H2,1H3,(H,11,12,13). The monoisotopic (exact) mass is 189 g/mol. The van der Waals surface area contributed by atoms with Gasteiger partial charge in [-0.25, -0.2) is 0 Å². The van der Waals surface area contributed by atoms with Gasteiger partial charge in [-0.2, -0.15) is 15.4 Å². The second kappa shape index (κ2) is 3.91. The zero-order chi connectivity index (χ0) is 9.80. The van der Waals surface area contributed by atoms with E-state index in [1.54, 1.807) is 6.20 Å². The molecule has 1 aromatic carbocycles. The van der Waals surface area contributed by atoms with Crippen LogP contribution in [-0.4, -0.2) is 22.0 Å². The van der Waals surface area contributed by atoms with Crippen molar-refractivity contribution in [2.24, 2.45) is 0 Å². The molecule has 4 nitrogen and oxygen atoms in total. The van der Waals surface area contributed by atoms with Crippen molar-refractivity contribution in [1.29, 1.82) is 0 Å². The Kier molecular flexibility index (Phi) is 2.44. The number of hydrogen-bond donors (Lipinski definition) is 1. The van der Waals surface area contributed by atoms with E-state index in [1.807, 2.05) is 31.2 Å². The largest absolute Gasteiger partial charge is 0.493 e. The van der Waals surface area contributed by atoms with Gasteiger partial charge in [0, 0.05) is 5.56 Å². The summed E-state index contributed by atoms with van der Waals surface area (Å²) in [6, 6.07) is 7.78. The van der Waals surface area contributed by atoms with Gasteiger partial charge in [-0.15, -0.1) is 0 Å². The van der Waals surface area contributed by atoms with Crippen LogP contribution in [0.2, 0.25) is 0 Å². The van der Waals surface area contributed by atoms with Gasteiger partial charge >= 0.3 is 0 Å². The maximum absolute atomic E-state index is 5.48. The third kappa shape index (κ3) is 1.59. The van der Waals surface area contributed by atoms with Crippen LogP contribution in [0.15, 0.2) is 30.5 Å². The molecule has 1 heterocycles. The summed E-state index contributed by atoms with van der Waals surface area (Å²) in [5.41, 5.74) is 1.76. The maximum atomic E-state index is 5.48. The van der Waals surface area contributed by atoms with Gasteiger partial charge in [0.1, 0.15) is 11.4 Å². The molecule has 0 bridgehead atoms. The first-order valence-electron chi connectivity index (χ1n) is 4.49. The molecule has 0 aliphatic carbocycles. The van der Waals surface area contributed by atoms with E-state index in [4.69, 9.17) is 4.74 Å². The highest BCUT2D eigenvalue weighted by Gasteiger charge is 2.06. The Morgan fingerprint density at radius 3 is 2.93 bits per heavy atom. The van der Waals surface area contributed by atoms with Crippen molar-refractivity contribution in [1.82, 2.24) is 15.4 Å². The topological polar surface area (TPSA) is 50.8 Å². The molecule has 2 aromatic rings. The lowest BCUT2D eigenvalue weighted by atomic mass is 10.1. The van der Waals surface area contributed by atoms with Crippen LogP contribution in [0.1, 0.15) is 6.92 Å². The van der Waals surface area contributed by atoms with Crippen molar-refractivity contribution in [3.05, 3.63) is 30.5 Å². The van der Waals surface area contributed by atoms with Crippen LogP contribution in [0.25, 0.3) is 11.3 Å². The number of nitrogens with zero attached hydrogens (tertiary/aromatic N) is 2. The van der Waals surface area contributed by atoms with Crippen molar-refractivity contribution < 1.29 is 4.74 Å². The molecule has 0 spiro atoms. The molecule has 4 heteroatoms. The zero-order valence-corrected chi connectivity index (χ0v) is 7.90. The van der Waals surface area contributed by atoms with Crippen molar-refractivity contribution in [2.75, 3.05) is 6.61 Å². The highest BCUT2D eigenvalue weighted by molar-refractivity contribution is 5.65. The van der Waals surface area contributed by atoms with E-state index < -0.39 is 0 Å². The van der Waals surface area contributed by atoms with Gasteiger partial charge in [0.2, 0.25) is 0 Å². The molecule has 0 radical (unpaired) electrons. The minimum absolute atomic E-state index is 0.648. The molecule has 0 atom stereocenters. The van der Waals surface area contributed by atoms with Crippen LogP contribution < -0.4 is 4.74 Å². The molecule has 0 amide bonds. The fourth-order valence-electron chi connectivity index (χ4n) is 1.29. The van der Waals surface area contributed by atoms with Gasteiger partial charge in [-0.3, -0.25) is 0 Å². The van der Waals surface area contributed by atoms with Crippen LogP contribution in [0.3, 0.4) is 0 Å². The number of aromatic nitrogens is 3. The summed E-state index contributed by atoms with van der Waals surface area (Å²) in [4.78, 5) is 0. The summed E-state index contributed by atoms with van der Waals surface area (Å²) >= 11 is 0. The molecule has 0 aliphatic heterocycles. The fourth-order valence-corrected chi connectivity index (χ4v) is 1.29. The van der Waals surface area contributed by atoms with Crippen LogP contribution in [0.4, 0.5) is 0 Å². The lowest BCUT2D eigenvalue weighted by Gasteiger charge is -2.06. The third-order valence-electron chi connectivity index (χ3n) is 1.88. The van der Waals surface area contributed by atoms with Crippen LogP contribution in [-0.2, 0) is 0 Å². The Balaban J connectivity index is 2.42. The van der Waals surface area contributed by atoms with Crippen molar-refractivity contribution in [3.63, 3.8) is 0 Å². The molecule has 1 aromatic heterocycles. The summed E-state index contributed by atoms with van der Waals surface area (Å²) in [5, 5.41) is 10.4. The lowest BCUT2D eigenvalue weighted by Crippen LogP contribution is -1.93. The van der Waals surface area contributed by atoms with Crippen molar-refractivity contribution in [3.8, 4) is 17.0 Å². The van der Waals surface area contributed by atoms with E-state index in [2.05, 4.69) is 15.4 Å². The Bertz CT molecular complexity index is 398. The number of rotatable bonds is 3. The minimum Gasteiger partial charge on any atom is -0.493 e. The molecule has 0 unspecified atom stereocenters. The van der Waals surface area contributed by atoms with Gasteiger partial charge < -0.3 is 4.74 Å². The Morgan fingerprint density at radius 2 is 2.21 bits per heavy atom. The van der Waals surface area contributed by atoms with Crippen LogP contribution in [0, 0.1) is 0 Å². The van der Waals surface area contributed by atoms with Gasteiger partial charge in [-0.05, 0) is 19.1 Å². The number of aromatic amines is 1. The number of benzene rings is 1. The van der Waals surface area contributed by atoms with E-state index in [0.29, 0.717) is 6.61 Å². The predicted molar refractivity (Wildman–Crippen MR) is 53.0 cm³/mol. The summed E-state index contributed by atoms with van der Waals surface area (Å²) in [5.74, 6) is 0.837. The molecular weight excluding hydrogens is 178 g/mol. The van der Waals surface area contributed by atoms with Crippen LogP contribution >= 0.6 is 0 Å². The summed E-state index contributed by atoms with van der Waals surface area (Å²) < 4.78 is 5.48. The van der Waals surface area contributed by atoms with Gasteiger partial charge in [0.15, 0.2) is 0 Å². The smallest absolute Gasteiger partial charge is 0.128 e. The fraction of sp³-hybridized carbons (Fsp3) is 0.200. The third-order valence-corrected chi connectivity index (χ3v) is 1.88. The Morgan fingerprint density at radius 1 is 1.36 bits per heavy atom. The summed E-state index contributed by atoms with van der Waals surface area (Å²) in [6.07, 6.45) is 1.68. The average molecular weight is 189 g/mol. The minimum atomic E-state index is 0.648. The Labute approximate surface area is 81.9 Å². The van der Waals surface area contributed by atoms with E-state index >= 15 is 0 Å². The average Bonchev–Trinajstić information content (AvgIpc) is 2.72. The highest BCUT2D eigenvalue weighted by atomic mass is 16.5. The molecule has 72 valence electrons. The summed E-state index contributed by atoms with van der Waals surface area (Å²) in [6.45, 7) is 2.61. The molecule has 0 fully saturated rings. The first-order valence-corrected chi connectivity index (χ1v) is 4.49. The predicted octanol–water partition coefficient (Wildman–Crippen LogP) is 1.87. The number of ether oxygens (including phenoxy) is 1. The van der Waals surface area contributed by atoms with Gasteiger partial charge in [-0.1, -0.05) is 12.1 Å². The molecule has 0 aliphatic rings. The van der Waals surface area contributed by atoms with E-state index in [9.17, 15) is 0 Å². The number of H-pyrrole nitrogens is 1. The Hall–Kier alpha value is -1.84. The SMILES string of the molecule is CCOc1ccccc1-c1cn[nH]n1. The zero-order valence-electron chi connectivity index (χ0n) is 7.90. The van der Waals surface area contributed by atoms with Crippen molar-refractivity contribution in [2.45, 2.75) is 6.92 Å². The molecule has 0 saturated carbocycles. The number of nitrogens with one attached hydrogen (secondary N) is 1. The van der Waals surface area contributed by atoms with Gasteiger partial charge in [0.05, 0.1) is 12.8 Å². The highest BCUT2D eigenvalue weighted by Crippen LogP contribution is 2.27. The van der Waals surface area contributed by atoms with Crippen LogP contribution in [0.5, 0.6) is 5.75 Å². The maximum Gasteiger partial charge on any atom is 0.128 e. The lowest BCUT2D eigenvalue weighted by molar-refractivity contribution is 0.341. The molecule has 2 rings (SSSR count). The van der Waals surface area contributed by atoms with E-state index in [-0.39, 0.29) is 0 Å². The van der Waals surface area contributed by atoms with Crippen molar-refractivity contribution >= 4 is 0 Å². The molecule has 14 heavy (non-hydrogen) atoms. The normalized spacial score (nSPS) is 10.1. The first kappa shape index (κ1) is 8.74. The van der Waals surface area contributed by atoms with E-state index in [0.717, 1.165) is 17.0 Å².